The van der Waals surface area contributed by atoms with Gasteiger partial charge < -0.3 is 0 Å². The summed E-state index contributed by atoms with van der Waals surface area (Å²) in [6, 6.07) is 8.57. The summed E-state index contributed by atoms with van der Waals surface area (Å²) in [5, 5.41) is 7.10. The number of hydrogen-bond donors (Lipinski definition) is 1. The van der Waals surface area contributed by atoms with E-state index in [0.29, 0.717) is 11.3 Å². The molecule has 0 aliphatic rings. The summed E-state index contributed by atoms with van der Waals surface area (Å²) in [7, 11) is 0. The Morgan fingerprint density at radius 3 is 2.44 bits per heavy atom. The molecule has 0 unspecified atom stereocenters. The first-order valence-electron chi connectivity index (χ1n) is 5.29. The molecule has 0 aliphatic heterocycles. The van der Waals surface area contributed by atoms with E-state index in [1.54, 1.807) is 12.1 Å². The van der Waals surface area contributed by atoms with Crippen LogP contribution >= 0.6 is 0 Å². The summed E-state index contributed by atoms with van der Waals surface area (Å²) >= 11 is 0. The van der Waals surface area contributed by atoms with E-state index in [4.69, 9.17) is 0 Å². The van der Waals surface area contributed by atoms with Crippen LogP contribution < -0.4 is 0 Å². The molecule has 0 amide bonds. The Bertz CT molecular complexity index is 495. The minimum atomic E-state index is -0.241. The maximum Gasteiger partial charge on any atom is 0.132 e. The molecule has 0 spiro atoms. The van der Waals surface area contributed by atoms with E-state index in [0.717, 1.165) is 5.69 Å². The van der Waals surface area contributed by atoms with Crippen molar-refractivity contribution in [1.29, 1.82) is 0 Å². The third-order valence-electron chi connectivity index (χ3n) is 2.54. The van der Waals surface area contributed by atoms with E-state index < -0.39 is 0 Å². The van der Waals surface area contributed by atoms with Crippen LogP contribution in [0.25, 0.3) is 11.3 Å². The first-order valence-corrected chi connectivity index (χ1v) is 5.29. The van der Waals surface area contributed by atoms with Gasteiger partial charge in [0.15, 0.2) is 0 Å². The smallest absolute Gasteiger partial charge is 0.132 e. The highest BCUT2D eigenvalue weighted by molar-refractivity contribution is 5.60. The Labute approximate surface area is 94.5 Å². The molecule has 1 aromatic carbocycles. The third-order valence-corrected chi connectivity index (χ3v) is 2.54. The SMILES string of the molecule is CC(C)(C)c1cc(-c2ccccc2F)n[nH]1. The summed E-state index contributed by atoms with van der Waals surface area (Å²) in [4.78, 5) is 0. The fourth-order valence-electron chi connectivity index (χ4n) is 1.51. The maximum absolute atomic E-state index is 13.5. The molecule has 0 fully saturated rings. The monoisotopic (exact) mass is 218 g/mol. The van der Waals surface area contributed by atoms with Gasteiger partial charge in [0, 0.05) is 16.7 Å². The van der Waals surface area contributed by atoms with Gasteiger partial charge in [-0.3, -0.25) is 5.10 Å². The first-order chi connectivity index (χ1) is 7.48. The Morgan fingerprint density at radius 1 is 1.19 bits per heavy atom. The van der Waals surface area contributed by atoms with E-state index >= 15 is 0 Å². The van der Waals surface area contributed by atoms with E-state index in [2.05, 4.69) is 31.0 Å². The molecule has 2 aromatic rings. The molecule has 0 atom stereocenters. The van der Waals surface area contributed by atoms with E-state index in [9.17, 15) is 4.39 Å². The molecule has 0 radical (unpaired) electrons. The fourth-order valence-corrected chi connectivity index (χ4v) is 1.51. The zero-order valence-electron chi connectivity index (χ0n) is 9.71. The zero-order chi connectivity index (χ0) is 11.8. The molecule has 1 N–H and O–H groups in total. The summed E-state index contributed by atoms with van der Waals surface area (Å²) in [5.41, 5.74) is 2.19. The van der Waals surface area contributed by atoms with E-state index in [1.807, 2.05) is 12.1 Å². The van der Waals surface area contributed by atoms with Gasteiger partial charge in [0.25, 0.3) is 0 Å². The number of rotatable bonds is 1. The molecule has 2 nitrogen and oxygen atoms in total. The molecule has 3 heteroatoms. The topological polar surface area (TPSA) is 28.7 Å². The van der Waals surface area contributed by atoms with E-state index in [1.165, 1.54) is 6.07 Å². The highest BCUT2D eigenvalue weighted by Gasteiger charge is 2.17. The number of aromatic nitrogens is 2. The van der Waals surface area contributed by atoms with Crippen molar-refractivity contribution >= 4 is 0 Å². The zero-order valence-corrected chi connectivity index (χ0v) is 9.71. The summed E-state index contributed by atoms with van der Waals surface area (Å²) in [6.45, 7) is 6.27. The Morgan fingerprint density at radius 2 is 1.88 bits per heavy atom. The van der Waals surface area contributed by atoms with Crippen molar-refractivity contribution in [3.63, 3.8) is 0 Å². The van der Waals surface area contributed by atoms with Crippen molar-refractivity contribution in [1.82, 2.24) is 10.2 Å². The van der Waals surface area contributed by atoms with Gasteiger partial charge in [-0.1, -0.05) is 32.9 Å². The molecule has 0 saturated carbocycles. The fraction of sp³-hybridized carbons (Fsp3) is 0.308. The lowest BCUT2D eigenvalue weighted by atomic mass is 9.92. The predicted octanol–water partition coefficient (Wildman–Crippen LogP) is 3.51. The number of benzene rings is 1. The van der Waals surface area contributed by atoms with Crippen molar-refractivity contribution in [2.24, 2.45) is 0 Å². The van der Waals surface area contributed by atoms with Gasteiger partial charge in [-0.15, -0.1) is 0 Å². The van der Waals surface area contributed by atoms with Crippen molar-refractivity contribution < 1.29 is 4.39 Å². The molecule has 16 heavy (non-hydrogen) atoms. The normalized spacial score (nSPS) is 11.8. The second-order valence-corrected chi connectivity index (χ2v) is 4.90. The van der Waals surface area contributed by atoms with Crippen LogP contribution in [0.15, 0.2) is 30.3 Å². The molecule has 2 rings (SSSR count). The van der Waals surface area contributed by atoms with Crippen molar-refractivity contribution in [2.45, 2.75) is 26.2 Å². The number of H-pyrrole nitrogens is 1. The highest BCUT2D eigenvalue weighted by Crippen LogP contribution is 2.26. The van der Waals surface area contributed by atoms with Gasteiger partial charge in [0.2, 0.25) is 0 Å². The quantitative estimate of drug-likeness (QED) is 0.779. The number of aromatic amines is 1. The molecular formula is C13H15FN2. The molecular weight excluding hydrogens is 203 g/mol. The van der Waals surface area contributed by atoms with Crippen LogP contribution in [-0.4, -0.2) is 10.2 Å². The molecule has 84 valence electrons. The minimum Gasteiger partial charge on any atom is -0.281 e. The lowest BCUT2D eigenvalue weighted by Gasteiger charge is -2.14. The lowest BCUT2D eigenvalue weighted by molar-refractivity contribution is 0.567. The summed E-state index contributed by atoms with van der Waals surface area (Å²) in [6.07, 6.45) is 0. The summed E-state index contributed by atoms with van der Waals surface area (Å²) < 4.78 is 13.5. The predicted molar refractivity (Wildman–Crippen MR) is 62.7 cm³/mol. The number of halogens is 1. The van der Waals surface area contributed by atoms with Crippen LogP contribution in [0.4, 0.5) is 4.39 Å². The Balaban J connectivity index is 2.44. The van der Waals surface area contributed by atoms with Gasteiger partial charge in [0.1, 0.15) is 5.82 Å². The standard InChI is InChI=1S/C13H15FN2/c1-13(2,3)12-8-11(15-16-12)9-6-4-5-7-10(9)14/h4-8H,1-3H3,(H,15,16). The molecule has 1 aromatic heterocycles. The third kappa shape index (κ3) is 1.98. The first kappa shape index (κ1) is 10.9. The maximum atomic E-state index is 13.5. The van der Waals surface area contributed by atoms with Gasteiger partial charge in [-0.2, -0.15) is 5.10 Å². The second-order valence-electron chi connectivity index (χ2n) is 4.90. The number of nitrogens with zero attached hydrogens (tertiary/aromatic N) is 1. The molecule has 0 aliphatic carbocycles. The van der Waals surface area contributed by atoms with Crippen molar-refractivity contribution in [3.8, 4) is 11.3 Å². The highest BCUT2D eigenvalue weighted by atomic mass is 19.1. The molecule has 1 heterocycles. The molecule has 0 bridgehead atoms. The average molecular weight is 218 g/mol. The molecule has 0 saturated heterocycles. The van der Waals surface area contributed by atoms with Gasteiger partial charge in [-0.25, -0.2) is 4.39 Å². The number of hydrogen-bond acceptors (Lipinski definition) is 1. The van der Waals surface area contributed by atoms with Gasteiger partial charge in [-0.05, 0) is 18.2 Å². The van der Waals surface area contributed by atoms with Gasteiger partial charge in [0.05, 0.1) is 5.69 Å². The minimum absolute atomic E-state index is 0.00347. The van der Waals surface area contributed by atoms with Crippen molar-refractivity contribution in [2.75, 3.05) is 0 Å². The Hall–Kier alpha value is -1.64. The van der Waals surface area contributed by atoms with Crippen LogP contribution in [0.2, 0.25) is 0 Å². The van der Waals surface area contributed by atoms with E-state index in [-0.39, 0.29) is 11.2 Å². The van der Waals surface area contributed by atoms with Crippen LogP contribution in [0.5, 0.6) is 0 Å². The lowest BCUT2D eigenvalue weighted by Crippen LogP contribution is -2.11. The number of nitrogens with one attached hydrogen (secondary N) is 1. The second kappa shape index (κ2) is 3.74. The Kier molecular flexibility index (Phi) is 2.54. The van der Waals surface area contributed by atoms with Crippen LogP contribution in [-0.2, 0) is 5.41 Å². The average Bonchev–Trinajstić information content (AvgIpc) is 2.66. The van der Waals surface area contributed by atoms with Crippen LogP contribution in [0, 0.1) is 5.82 Å². The largest absolute Gasteiger partial charge is 0.281 e. The van der Waals surface area contributed by atoms with Crippen LogP contribution in [0.1, 0.15) is 26.5 Å². The van der Waals surface area contributed by atoms with Crippen molar-refractivity contribution in [3.05, 3.63) is 41.8 Å². The van der Waals surface area contributed by atoms with Crippen LogP contribution in [0.3, 0.4) is 0 Å². The summed E-state index contributed by atoms with van der Waals surface area (Å²) in [5.74, 6) is -0.241. The van der Waals surface area contributed by atoms with Gasteiger partial charge >= 0.3 is 0 Å².